The third-order valence-electron chi connectivity index (χ3n) is 3.07. The largest absolute Gasteiger partial charge is 0.430 e. The van der Waals surface area contributed by atoms with Gasteiger partial charge in [-0.15, -0.1) is 0 Å². The molecule has 1 fully saturated rings. The highest BCUT2D eigenvalue weighted by Gasteiger charge is 2.63. The number of hydrogen-bond acceptors (Lipinski definition) is 1. The average molecular weight is 257 g/mol. The molecule has 0 aromatic carbocycles. The van der Waals surface area contributed by atoms with Gasteiger partial charge in [0.15, 0.2) is 0 Å². The summed E-state index contributed by atoms with van der Waals surface area (Å²) in [6.45, 7) is 4.11. The quantitative estimate of drug-likeness (QED) is 0.424. The van der Waals surface area contributed by atoms with E-state index in [0.717, 1.165) is 18.2 Å². The van der Waals surface area contributed by atoms with Crippen LogP contribution >= 0.6 is 0 Å². The lowest BCUT2D eigenvalue weighted by molar-refractivity contribution is -0.254. The fraction of sp³-hybridized carbons (Fsp3) is 0.818. The van der Waals surface area contributed by atoms with Crippen molar-refractivity contribution in [3.63, 3.8) is 0 Å². The molecule has 2 atom stereocenters. The normalized spacial score (nSPS) is 24.1. The van der Waals surface area contributed by atoms with Crippen LogP contribution in [0.4, 0.5) is 22.0 Å². The Morgan fingerprint density at radius 2 is 1.59 bits per heavy atom. The van der Waals surface area contributed by atoms with Crippen LogP contribution in [0.5, 0.6) is 0 Å². The second kappa shape index (κ2) is 4.92. The zero-order chi connectivity index (χ0) is 13.3. The van der Waals surface area contributed by atoms with Crippen molar-refractivity contribution in [1.29, 1.82) is 0 Å². The molecule has 1 aliphatic rings. The minimum atomic E-state index is -5.28. The summed E-state index contributed by atoms with van der Waals surface area (Å²) in [5.74, 6) is 0. The van der Waals surface area contributed by atoms with Gasteiger partial charge in [0.2, 0.25) is 6.30 Å². The summed E-state index contributed by atoms with van der Waals surface area (Å²) in [6.07, 6.45) is -5.98. The van der Waals surface area contributed by atoms with Gasteiger partial charge < -0.3 is 0 Å². The molecule has 0 saturated carbocycles. The predicted octanol–water partition coefficient (Wildman–Crippen LogP) is 3.61. The van der Waals surface area contributed by atoms with Crippen LogP contribution in [-0.2, 0) is 0 Å². The van der Waals surface area contributed by atoms with E-state index in [1.54, 1.807) is 0 Å². The number of rotatable bonds is 3. The minimum Gasteiger partial charge on any atom is -0.271 e. The van der Waals surface area contributed by atoms with Gasteiger partial charge in [-0.25, -0.2) is 8.78 Å². The molecule has 6 heteroatoms. The lowest BCUT2D eigenvalue weighted by atomic mass is 9.94. The third-order valence-corrected chi connectivity index (χ3v) is 3.07. The second-order valence-electron chi connectivity index (χ2n) is 4.42. The summed E-state index contributed by atoms with van der Waals surface area (Å²) < 4.78 is 65.8. The molecule has 1 rings (SSSR count). The number of hydrogen-bond donors (Lipinski definition) is 0. The number of likely N-dealkylation sites (tertiary alicyclic amines) is 1. The topological polar surface area (TPSA) is 3.24 Å². The summed E-state index contributed by atoms with van der Waals surface area (Å²) in [4.78, 5) is 0.908. The predicted molar refractivity (Wildman–Crippen MR) is 55.0 cm³/mol. The van der Waals surface area contributed by atoms with E-state index in [9.17, 15) is 22.0 Å². The van der Waals surface area contributed by atoms with Gasteiger partial charge in [0.05, 0.1) is 0 Å². The van der Waals surface area contributed by atoms with E-state index in [2.05, 4.69) is 6.58 Å². The highest BCUT2D eigenvalue weighted by atomic mass is 19.4. The fourth-order valence-corrected chi connectivity index (χ4v) is 1.98. The first kappa shape index (κ1) is 14.4. The standard InChI is InChI=1S/C11H16F5N/c1-8(2)10(13,11(14,15)16)9(12)17-6-4-3-5-7-17/h9H,1,3-7H2,2H3/t9?,10-/m1/s1. The second-order valence-corrected chi connectivity index (χ2v) is 4.42. The average Bonchev–Trinajstić information content (AvgIpc) is 2.26. The molecule has 0 bridgehead atoms. The van der Waals surface area contributed by atoms with Crippen molar-refractivity contribution >= 4 is 0 Å². The number of halogens is 5. The van der Waals surface area contributed by atoms with Gasteiger partial charge in [0.25, 0.3) is 5.67 Å². The molecule has 0 radical (unpaired) electrons. The van der Waals surface area contributed by atoms with Gasteiger partial charge in [0.1, 0.15) is 0 Å². The van der Waals surface area contributed by atoms with Crippen LogP contribution in [0, 0.1) is 0 Å². The molecule has 0 aromatic rings. The van der Waals surface area contributed by atoms with Crippen LogP contribution in [0.25, 0.3) is 0 Å². The fourth-order valence-electron chi connectivity index (χ4n) is 1.98. The monoisotopic (exact) mass is 257 g/mol. The van der Waals surface area contributed by atoms with Gasteiger partial charge in [-0.2, -0.15) is 13.2 Å². The van der Waals surface area contributed by atoms with E-state index in [1.807, 2.05) is 0 Å². The van der Waals surface area contributed by atoms with E-state index >= 15 is 0 Å². The van der Waals surface area contributed by atoms with Crippen LogP contribution in [0.1, 0.15) is 26.2 Å². The van der Waals surface area contributed by atoms with Crippen molar-refractivity contribution in [3.05, 3.63) is 12.2 Å². The molecule has 0 aliphatic carbocycles. The van der Waals surface area contributed by atoms with E-state index in [-0.39, 0.29) is 13.1 Å². The highest BCUT2D eigenvalue weighted by Crippen LogP contribution is 2.44. The first-order chi connectivity index (χ1) is 7.71. The van der Waals surface area contributed by atoms with Gasteiger partial charge in [-0.05, 0) is 25.3 Å². The van der Waals surface area contributed by atoms with Crippen molar-refractivity contribution in [2.75, 3.05) is 13.1 Å². The Morgan fingerprint density at radius 1 is 1.12 bits per heavy atom. The molecule has 17 heavy (non-hydrogen) atoms. The zero-order valence-electron chi connectivity index (χ0n) is 9.66. The molecular formula is C11H16F5N. The molecule has 1 saturated heterocycles. The van der Waals surface area contributed by atoms with E-state index < -0.39 is 23.7 Å². The molecule has 1 aliphatic heterocycles. The molecule has 1 nitrogen and oxygen atoms in total. The van der Waals surface area contributed by atoms with Gasteiger partial charge in [-0.1, -0.05) is 13.0 Å². The van der Waals surface area contributed by atoms with E-state index in [1.165, 1.54) is 0 Å². The van der Waals surface area contributed by atoms with Crippen molar-refractivity contribution in [2.45, 2.75) is 44.3 Å². The third kappa shape index (κ3) is 2.61. The van der Waals surface area contributed by atoms with Crippen LogP contribution in [-0.4, -0.2) is 36.1 Å². The summed E-state index contributed by atoms with van der Waals surface area (Å²) in [5.41, 5.74) is -4.83. The lowest BCUT2D eigenvalue weighted by Gasteiger charge is -2.39. The van der Waals surface area contributed by atoms with Crippen molar-refractivity contribution in [3.8, 4) is 0 Å². The molecular weight excluding hydrogens is 241 g/mol. The van der Waals surface area contributed by atoms with E-state index in [4.69, 9.17) is 0 Å². The lowest BCUT2D eigenvalue weighted by Crippen LogP contribution is -2.57. The Morgan fingerprint density at radius 3 is 1.94 bits per heavy atom. The SMILES string of the molecule is C=C(C)[C@@](F)(C(F)N1CCCCC1)C(F)(F)F. The Bertz CT molecular complexity index is 282. The van der Waals surface area contributed by atoms with Crippen molar-refractivity contribution in [1.82, 2.24) is 4.90 Å². The molecule has 0 spiro atoms. The highest BCUT2D eigenvalue weighted by molar-refractivity contribution is 5.17. The van der Waals surface area contributed by atoms with Crippen LogP contribution in [0.3, 0.4) is 0 Å². The maximum atomic E-state index is 14.0. The van der Waals surface area contributed by atoms with E-state index in [0.29, 0.717) is 12.8 Å². The Labute approximate surface area is 97.3 Å². The smallest absolute Gasteiger partial charge is 0.271 e. The van der Waals surface area contributed by atoms with Crippen LogP contribution in [0.2, 0.25) is 0 Å². The molecule has 0 N–H and O–H groups in total. The Hall–Kier alpha value is -0.650. The molecule has 0 amide bonds. The Balaban J connectivity index is 2.94. The number of piperidine rings is 1. The molecule has 1 unspecified atom stereocenters. The maximum Gasteiger partial charge on any atom is 0.430 e. The van der Waals surface area contributed by atoms with Gasteiger partial charge >= 0.3 is 6.18 Å². The summed E-state index contributed by atoms with van der Waals surface area (Å²) in [7, 11) is 0. The first-order valence-electron chi connectivity index (χ1n) is 5.51. The Kier molecular flexibility index (Phi) is 4.17. The number of alkyl halides is 5. The summed E-state index contributed by atoms with van der Waals surface area (Å²) in [6, 6.07) is 0. The van der Waals surface area contributed by atoms with Gasteiger partial charge in [0, 0.05) is 13.1 Å². The minimum absolute atomic E-state index is 0.149. The van der Waals surface area contributed by atoms with Crippen molar-refractivity contribution < 1.29 is 22.0 Å². The molecule has 1 heterocycles. The van der Waals surface area contributed by atoms with Gasteiger partial charge in [-0.3, -0.25) is 4.90 Å². The summed E-state index contributed by atoms with van der Waals surface area (Å²) in [5, 5.41) is 0. The number of nitrogens with zero attached hydrogens (tertiary/aromatic N) is 1. The summed E-state index contributed by atoms with van der Waals surface area (Å²) >= 11 is 0. The maximum absolute atomic E-state index is 14.0. The molecule has 0 aromatic heterocycles. The first-order valence-corrected chi connectivity index (χ1v) is 5.51. The van der Waals surface area contributed by atoms with Crippen molar-refractivity contribution in [2.24, 2.45) is 0 Å². The van der Waals surface area contributed by atoms with Crippen LogP contribution in [0.15, 0.2) is 12.2 Å². The molecule has 100 valence electrons. The van der Waals surface area contributed by atoms with Crippen LogP contribution < -0.4 is 0 Å². The zero-order valence-corrected chi connectivity index (χ0v) is 9.66.